The lowest BCUT2D eigenvalue weighted by Crippen LogP contribution is -2.94. The zero-order valence-electron chi connectivity index (χ0n) is 44.7. The minimum absolute atomic E-state index is 1.09. The van der Waals surface area contributed by atoms with Gasteiger partial charge in [-0.1, -0.05) is 224 Å². The van der Waals surface area contributed by atoms with Crippen LogP contribution in [0.2, 0.25) is 0 Å². The number of hydrogen-bond acceptors (Lipinski definition) is 2. The van der Waals surface area contributed by atoms with Crippen molar-refractivity contribution < 1.29 is 4.90 Å². The highest BCUT2D eigenvalue weighted by atomic mass is 15.2. The Kier molecular flexibility index (Phi) is 10.4. The van der Waals surface area contributed by atoms with Crippen LogP contribution in [0.1, 0.15) is 0 Å². The lowest BCUT2D eigenvalue weighted by molar-refractivity contribution is -0.672. The first-order chi connectivity index (χ1) is 40.8. The van der Waals surface area contributed by atoms with Crippen LogP contribution in [0, 0.1) is 0 Å². The van der Waals surface area contributed by atoms with E-state index in [-0.39, 0.29) is 0 Å². The highest BCUT2D eigenvalue weighted by Gasteiger charge is 2.48. The van der Waals surface area contributed by atoms with Crippen molar-refractivity contribution >= 4 is 89.3 Å². The van der Waals surface area contributed by atoms with Gasteiger partial charge in [0.05, 0.1) is 55.9 Å². The average Bonchev–Trinajstić information content (AvgIpc) is 1.59. The lowest BCUT2D eigenvalue weighted by atomic mass is 9.85. The van der Waals surface area contributed by atoms with E-state index in [4.69, 9.17) is 0 Å². The first kappa shape index (κ1) is 46.2. The van der Waals surface area contributed by atoms with Crippen molar-refractivity contribution in [3.05, 3.63) is 303 Å². The van der Waals surface area contributed by atoms with E-state index in [0.717, 1.165) is 34.1 Å². The number of nitrogens with zero attached hydrogens (tertiary/aromatic N) is 3. The number of para-hydroxylation sites is 6. The first-order valence-electron chi connectivity index (χ1n) is 28.3. The van der Waals surface area contributed by atoms with E-state index >= 15 is 0 Å². The van der Waals surface area contributed by atoms with Crippen molar-refractivity contribution in [2.45, 2.75) is 0 Å². The summed E-state index contributed by atoms with van der Waals surface area (Å²) in [5.41, 5.74) is 28.8. The number of aromatic nitrogens is 1. The van der Waals surface area contributed by atoms with Crippen LogP contribution in [0.5, 0.6) is 0 Å². The Bertz CT molecular complexity index is 4960. The quantitative estimate of drug-likeness (QED) is 0.147. The summed E-state index contributed by atoms with van der Waals surface area (Å²) in [5.74, 6) is 0. The van der Waals surface area contributed by atoms with E-state index in [1.807, 2.05) is 0 Å². The molecule has 0 radical (unpaired) electrons. The van der Waals surface area contributed by atoms with Gasteiger partial charge in [0.2, 0.25) is 0 Å². The van der Waals surface area contributed by atoms with Crippen molar-refractivity contribution in [2.24, 2.45) is 0 Å². The van der Waals surface area contributed by atoms with Crippen molar-refractivity contribution in [1.82, 2.24) is 4.40 Å². The maximum absolute atomic E-state index is 2.64. The molecule has 15 aromatic rings. The molecule has 0 fully saturated rings. The molecule has 0 amide bonds. The van der Waals surface area contributed by atoms with Gasteiger partial charge in [0, 0.05) is 66.9 Å². The van der Waals surface area contributed by atoms with Gasteiger partial charge >= 0.3 is 0 Å². The minimum atomic E-state index is 1.09. The Morgan fingerprint density at radius 2 is 0.732 bits per heavy atom. The summed E-state index contributed by atoms with van der Waals surface area (Å²) in [6, 6.07) is 112. The van der Waals surface area contributed by atoms with Crippen LogP contribution in [-0.2, 0) is 0 Å². The third kappa shape index (κ3) is 6.83. The summed E-state index contributed by atoms with van der Waals surface area (Å²) < 4.78 is 2.64. The monoisotopic (exact) mass is 1040 g/mol. The van der Waals surface area contributed by atoms with Crippen LogP contribution in [0.25, 0.3) is 105 Å². The fraction of sp³-hybridized carbons (Fsp3) is 0. The summed E-state index contributed by atoms with van der Waals surface area (Å²) >= 11 is 0. The zero-order chi connectivity index (χ0) is 53.8. The zero-order valence-corrected chi connectivity index (χ0v) is 44.7. The molecule has 382 valence electrons. The molecule has 0 saturated carbocycles. The van der Waals surface area contributed by atoms with E-state index < -0.39 is 0 Å². The van der Waals surface area contributed by atoms with Gasteiger partial charge in [0.15, 0.2) is 17.1 Å². The van der Waals surface area contributed by atoms with Gasteiger partial charge < -0.3 is 14.2 Å². The topological polar surface area (TPSA) is 15.3 Å². The number of fused-ring (bicyclic) bond motifs is 12. The van der Waals surface area contributed by atoms with Crippen LogP contribution >= 0.6 is 0 Å². The van der Waals surface area contributed by atoms with Gasteiger partial charge in [0.25, 0.3) is 0 Å². The summed E-state index contributed by atoms with van der Waals surface area (Å²) in [4.78, 5) is 6.19. The number of benzene rings is 13. The van der Waals surface area contributed by atoms with Crippen molar-refractivity contribution in [1.29, 1.82) is 0 Å². The van der Waals surface area contributed by atoms with E-state index in [1.54, 1.807) is 0 Å². The second kappa shape index (κ2) is 18.4. The van der Waals surface area contributed by atoms with E-state index in [9.17, 15) is 0 Å². The van der Waals surface area contributed by atoms with Crippen LogP contribution < -0.4 is 14.7 Å². The van der Waals surface area contributed by atoms with Gasteiger partial charge in [-0.15, -0.1) is 0 Å². The van der Waals surface area contributed by atoms with E-state index in [0.29, 0.717) is 0 Å². The van der Waals surface area contributed by atoms with Gasteiger partial charge in [-0.2, -0.15) is 0 Å². The number of quaternary nitrogens is 1. The Morgan fingerprint density at radius 1 is 0.268 bits per heavy atom. The van der Waals surface area contributed by atoms with Crippen molar-refractivity contribution in [3.63, 3.8) is 0 Å². The molecule has 13 aromatic carbocycles. The number of hydrogen-bond donors (Lipinski definition) is 1. The fourth-order valence-electron chi connectivity index (χ4n) is 14.0. The molecule has 4 heterocycles. The molecule has 1 unspecified atom stereocenters. The summed E-state index contributed by atoms with van der Waals surface area (Å²) in [7, 11) is 0. The molecule has 0 bridgehead atoms. The fourth-order valence-corrected chi connectivity index (χ4v) is 14.0. The minimum Gasteiger partial charge on any atom is -0.310 e. The lowest BCUT2D eigenvalue weighted by Gasteiger charge is -2.28. The van der Waals surface area contributed by atoms with Crippen LogP contribution in [0.4, 0.5) is 51.2 Å². The maximum atomic E-state index is 2.64. The maximum Gasteiger partial charge on any atom is 0.158 e. The normalized spacial score (nSPS) is 13.0. The third-order valence-electron chi connectivity index (χ3n) is 17.3. The molecule has 82 heavy (non-hydrogen) atoms. The molecule has 2 aliphatic rings. The molecular weight excluding hydrogens is 993 g/mol. The first-order valence-corrected chi connectivity index (χ1v) is 28.3. The molecule has 4 heteroatoms. The molecule has 1 N–H and O–H groups in total. The predicted octanol–water partition coefficient (Wildman–Crippen LogP) is 20.6. The largest absolute Gasteiger partial charge is 0.310 e. The molecule has 0 spiro atoms. The standard InChI is InChI=1S/C78H50N4/c1-7-25-51(26-8-1)59-37-19-21-43-67(59)79(55-33-15-5-16-34-55)57-45-47-61-63-39-23-41-65-73-72(54-31-13-4-14-32-54)78-74(71(53-29-11-3-12-30-53)77(73)81(75(63)65)69(61)49-57)66-42-24-40-64-62-48-46-58(50-70(62)82(78)76(64)66)80(56-35-17-6-18-36-56)68-44-22-20-38-60(68)52-27-9-2-10-28-52/h1-50H/p+1. The predicted molar refractivity (Wildman–Crippen MR) is 343 cm³/mol. The Hall–Kier alpha value is -10.8. The van der Waals surface area contributed by atoms with E-state index in [2.05, 4.69) is 318 Å². The van der Waals surface area contributed by atoms with Crippen molar-refractivity contribution in [3.8, 4) is 66.8 Å². The van der Waals surface area contributed by atoms with E-state index in [1.165, 1.54) is 127 Å². The highest BCUT2D eigenvalue weighted by molar-refractivity contribution is 6.32. The van der Waals surface area contributed by atoms with Gasteiger partial charge in [-0.05, 0) is 95.1 Å². The highest BCUT2D eigenvalue weighted by Crippen LogP contribution is 2.60. The van der Waals surface area contributed by atoms with Crippen LogP contribution in [0.3, 0.4) is 0 Å². The Labute approximate surface area is 475 Å². The molecule has 2 aliphatic heterocycles. The number of anilines is 6. The van der Waals surface area contributed by atoms with Crippen LogP contribution in [-0.4, -0.2) is 4.40 Å². The summed E-state index contributed by atoms with van der Waals surface area (Å²) in [6.07, 6.45) is 0. The second-order valence-electron chi connectivity index (χ2n) is 21.6. The molecule has 4 nitrogen and oxygen atoms in total. The van der Waals surface area contributed by atoms with Crippen LogP contribution in [0.15, 0.2) is 303 Å². The Morgan fingerprint density at radius 3 is 1.33 bits per heavy atom. The van der Waals surface area contributed by atoms with Crippen molar-refractivity contribution in [2.75, 3.05) is 9.80 Å². The second-order valence-corrected chi connectivity index (χ2v) is 21.6. The Balaban J connectivity index is 0.971. The summed E-state index contributed by atoms with van der Waals surface area (Å²) in [5, 5.41) is 4.98. The molecule has 0 aliphatic carbocycles. The summed E-state index contributed by atoms with van der Waals surface area (Å²) in [6.45, 7) is 0. The number of nitrogens with one attached hydrogen (secondary N) is 1. The number of rotatable bonds is 10. The van der Waals surface area contributed by atoms with Gasteiger partial charge in [-0.25, -0.2) is 4.90 Å². The average molecular weight is 1040 g/mol. The third-order valence-corrected chi connectivity index (χ3v) is 17.3. The molecule has 17 rings (SSSR count). The SMILES string of the molecule is c1ccc(-c2ccccc2N(c2ccccc2)c2ccc3c(c2)[NH+]2c4c-3cccc4-c3c2c(-c2ccccc2)c2c4cccc5c6ccc(N(c7ccccc7)c7ccccc7-c7ccccc7)cc6n(c2c3-c2ccccc2)c54)cc1. The smallest absolute Gasteiger partial charge is 0.158 e. The molecule has 0 saturated heterocycles. The molecule has 2 aromatic heterocycles. The molecule has 1 atom stereocenters. The van der Waals surface area contributed by atoms with Gasteiger partial charge in [0.1, 0.15) is 0 Å². The van der Waals surface area contributed by atoms with Gasteiger partial charge in [-0.3, -0.25) is 0 Å². The molecular formula is C78H51N4+.